The zero-order chi connectivity index (χ0) is 9.14. The first-order valence-electron chi connectivity index (χ1n) is 4.23. The maximum atomic E-state index is 11.4. The molecule has 0 N–H and O–H groups in total. The molecule has 0 amide bonds. The van der Waals surface area contributed by atoms with Gasteiger partial charge in [0.25, 0.3) is 0 Å². The quantitative estimate of drug-likeness (QED) is 0.630. The van der Waals surface area contributed by atoms with E-state index in [-0.39, 0.29) is 5.78 Å². The Balaban J connectivity index is 2.85. The molecule has 2 nitrogen and oxygen atoms in total. The molecule has 0 fully saturated rings. The van der Waals surface area contributed by atoms with E-state index in [4.69, 9.17) is 4.74 Å². The SMILES string of the molecule is C=C1CC(=O)C(CCC)=C(C)O1. The third-order valence-corrected chi connectivity index (χ3v) is 1.92. The summed E-state index contributed by atoms with van der Waals surface area (Å²) in [6, 6.07) is 0. The fourth-order valence-corrected chi connectivity index (χ4v) is 1.36. The Morgan fingerprint density at radius 1 is 1.58 bits per heavy atom. The third-order valence-electron chi connectivity index (χ3n) is 1.92. The maximum absolute atomic E-state index is 11.4. The van der Waals surface area contributed by atoms with Crippen molar-refractivity contribution in [3.8, 4) is 0 Å². The lowest BCUT2D eigenvalue weighted by atomic mass is 10.00. The number of Topliss-reactive ketones (excluding diaryl/α,β-unsaturated/α-hetero) is 1. The molecule has 0 bridgehead atoms. The van der Waals surface area contributed by atoms with Crippen LogP contribution in [0.15, 0.2) is 23.7 Å². The Morgan fingerprint density at radius 3 is 2.75 bits per heavy atom. The number of rotatable bonds is 2. The molecule has 1 rings (SSSR count). The maximum Gasteiger partial charge on any atom is 0.169 e. The van der Waals surface area contributed by atoms with Crippen molar-refractivity contribution in [2.75, 3.05) is 0 Å². The second kappa shape index (κ2) is 3.57. The molecule has 0 atom stereocenters. The van der Waals surface area contributed by atoms with E-state index in [0.29, 0.717) is 12.2 Å². The van der Waals surface area contributed by atoms with Gasteiger partial charge in [-0.15, -0.1) is 0 Å². The van der Waals surface area contributed by atoms with Crippen LogP contribution in [0.3, 0.4) is 0 Å². The third kappa shape index (κ3) is 1.76. The van der Waals surface area contributed by atoms with Crippen LogP contribution in [0.5, 0.6) is 0 Å². The summed E-state index contributed by atoms with van der Waals surface area (Å²) in [5.74, 6) is 1.47. The highest BCUT2D eigenvalue weighted by Crippen LogP contribution is 2.24. The summed E-state index contributed by atoms with van der Waals surface area (Å²) < 4.78 is 5.29. The van der Waals surface area contributed by atoms with Gasteiger partial charge in [0.15, 0.2) is 5.78 Å². The first kappa shape index (κ1) is 9.04. The van der Waals surface area contributed by atoms with Gasteiger partial charge in [-0.1, -0.05) is 19.9 Å². The fraction of sp³-hybridized carbons (Fsp3) is 0.500. The van der Waals surface area contributed by atoms with Crippen LogP contribution in [0, 0.1) is 0 Å². The van der Waals surface area contributed by atoms with E-state index >= 15 is 0 Å². The topological polar surface area (TPSA) is 26.3 Å². The predicted molar refractivity (Wildman–Crippen MR) is 47.5 cm³/mol. The van der Waals surface area contributed by atoms with Crippen molar-refractivity contribution in [2.45, 2.75) is 33.1 Å². The summed E-state index contributed by atoms with van der Waals surface area (Å²) in [6.45, 7) is 7.51. The van der Waals surface area contributed by atoms with Crippen LogP contribution in [0.1, 0.15) is 33.1 Å². The van der Waals surface area contributed by atoms with Gasteiger partial charge in [-0.25, -0.2) is 0 Å². The molecule has 0 radical (unpaired) electrons. The Labute approximate surface area is 72.9 Å². The summed E-state index contributed by atoms with van der Waals surface area (Å²) in [5.41, 5.74) is 0.838. The van der Waals surface area contributed by atoms with Crippen LogP contribution < -0.4 is 0 Å². The summed E-state index contributed by atoms with van der Waals surface area (Å²) in [6.07, 6.45) is 2.15. The number of ether oxygens (including phenoxy) is 1. The molecule has 0 unspecified atom stereocenters. The predicted octanol–water partition coefficient (Wildman–Crippen LogP) is 2.56. The second-order valence-electron chi connectivity index (χ2n) is 3.03. The van der Waals surface area contributed by atoms with Crippen molar-refractivity contribution in [2.24, 2.45) is 0 Å². The molecule has 0 saturated heterocycles. The first-order chi connectivity index (χ1) is 5.65. The molecule has 2 heteroatoms. The van der Waals surface area contributed by atoms with Crippen LogP contribution in [0.2, 0.25) is 0 Å². The van der Waals surface area contributed by atoms with Crippen molar-refractivity contribution in [1.29, 1.82) is 0 Å². The monoisotopic (exact) mass is 166 g/mol. The summed E-state index contributed by atoms with van der Waals surface area (Å²) in [5, 5.41) is 0. The first-order valence-corrected chi connectivity index (χ1v) is 4.23. The minimum Gasteiger partial charge on any atom is -0.466 e. The Morgan fingerprint density at radius 2 is 2.25 bits per heavy atom. The Bertz CT molecular complexity index is 249. The molecule has 0 saturated carbocycles. The van der Waals surface area contributed by atoms with Crippen molar-refractivity contribution < 1.29 is 9.53 Å². The average molecular weight is 166 g/mol. The number of carbonyl (C=O) groups is 1. The van der Waals surface area contributed by atoms with Gasteiger partial charge in [0.05, 0.1) is 6.42 Å². The van der Waals surface area contributed by atoms with Crippen LogP contribution in [0.25, 0.3) is 0 Å². The van der Waals surface area contributed by atoms with Gasteiger partial charge in [-0.3, -0.25) is 4.79 Å². The normalized spacial score (nSPS) is 18.2. The molecule has 0 spiro atoms. The zero-order valence-electron chi connectivity index (χ0n) is 7.64. The van der Waals surface area contributed by atoms with E-state index in [1.165, 1.54) is 0 Å². The van der Waals surface area contributed by atoms with Gasteiger partial charge in [0.1, 0.15) is 11.5 Å². The van der Waals surface area contributed by atoms with Gasteiger partial charge in [-0.2, -0.15) is 0 Å². The average Bonchev–Trinajstić information content (AvgIpc) is 1.96. The highest BCUT2D eigenvalue weighted by atomic mass is 16.5. The lowest BCUT2D eigenvalue weighted by Crippen LogP contribution is -2.13. The lowest BCUT2D eigenvalue weighted by molar-refractivity contribution is -0.116. The van der Waals surface area contributed by atoms with Crippen LogP contribution in [-0.4, -0.2) is 5.78 Å². The minimum absolute atomic E-state index is 0.172. The smallest absolute Gasteiger partial charge is 0.169 e. The fourth-order valence-electron chi connectivity index (χ4n) is 1.36. The van der Waals surface area contributed by atoms with E-state index in [9.17, 15) is 4.79 Å². The van der Waals surface area contributed by atoms with E-state index < -0.39 is 0 Å². The highest BCUT2D eigenvalue weighted by molar-refractivity contribution is 5.97. The molecule has 1 aliphatic rings. The van der Waals surface area contributed by atoms with Gasteiger partial charge in [-0.05, 0) is 13.3 Å². The molecule has 0 aliphatic carbocycles. The largest absolute Gasteiger partial charge is 0.466 e. The Hall–Kier alpha value is -1.05. The molecule has 0 aromatic carbocycles. The van der Waals surface area contributed by atoms with Gasteiger partial charge >= 0.3 is 0 Å². The van der Waals surface area contributed by atoms with E-state index in [0.717, 1.165) is 24.2 Å². The van der Waals surface area contributed by atoms with Gasteiger partial charge in [0, 0.05) is 5.57 Å². The minimum atomic E-state index is 0.172. The van der Waals surface area contributed by atoms with Crippen molar-refractivity contribution in [1.82, 2.24) is 0 Å². The number of hydrogen-bond acceptors (Lipinski definition) is 2. The molecule has 66 valence electrons. The molecule has 1 heterocycles. The molecular weight excluding hydrogens is 152 g/mol. The Kier molecular flexibility index (Phi) is 2.69. The van der Waals surface area contributed by atoms with E-state index in [1.54, 1.807) is 0 Å². The molecule has 0 aromatic rings. The number of hydrogen-bond donors (Lipinski definition) is 0. The van der Waals surface area contributed by atoms with E-state index in [2.05, 4.69) is 13.5 Å². The number of carbonyl (C=O) groups excluding carboxylic acids is 1. The van der Waals surface area contributed by atoms with Gasteiger partial charge in [0.2, 0.25) is 0 Å². The van der Waals surface area contributed by atoms with Crippen molar-refractivity contribution >= 4 is 5.78 Å². The number of ketones is 1. The van der Waals surface area contributed by atoms with Crippen LogP contribution in [0.4, 0.5) is 0 Å². The summed E-state index contributed by atoms with van der Waals surface area (Å²) in [4.78, 5) is 11.4. The van der Waals surface area contributed by atoms with Gasteiger partial charge < -0.3 is 4.74 Å². The van der Waals surface area contributed by atoms with Crippen LogP contribution in [-0.2, 0) is 9.53 Å². The molecular formula is C10H14O2. The molecule has 1 aliphatic heterocycles. The number of allylic oxidation sites excluding steroid dienone is 3. The van der Waals surface area contributed by atoms with Crippen LogP contribution >= 0.6 is 0 Å². The highest BCUT2D eigenvalue weighted by Gasteiger charge is 2.20. The van der Waals surface area contributed by atoms with Crippen molar-refractivity contribution in [3.63, 3.8) is 0 Å². The van der Waals surface area contributed by atoms with E-state index in [1.807, 2.05) is 6.92 Å². The molecule has 0 aromatic heterocycles. The molecule has 12 heavy (non-hydrogen) atoms. The van der Waals surface area contributed by atoms with Crippen molar-refractivity contribution in [3.05, 3.63) is 23.7 Å². The summed E-state index contributed by atoms with van der Waals surface area (Å²) >= 11 is 0. The lowest BCUT2D eigenvalue weighted by Gasteiger charge is -2.18. The zero-order valence-corrected chi connectivity index (χ0v) is 7.64. The standard InChI is InChI=1S/C10H14O2/c1-4-5-9-8(3)12-7(2)6-10(9)11/h2,4-6H2,1,3H3. The second-order valence-corrected chi connectivity index (χ2v) is 3.03. The summed E-state index contributed by atoms with van der Waals surface area (Å²) in [7, 11) is 0.